The molecule has 0 amide bonds. The lowest BCUT2D eigenvalue weighted by Gasteiger charge is -2.14. The molecule has 0 fully saturated rings. The van der Waals surface area contributed by atoms with Gasteiger partial charge in [0.2, 0.25) is 0 Å². The Morgan fingerprint density at radius 3 is 1.34 bits per heavy atom. The van der Waals surface area contributed by atoms with Crippen molar-refractivity contribution in [3.63, 3.8) is 0 Å². The highest BCUT2D eigenvalue weighted by Gasteiger charge is 2.20. The second-order valence-corrected chi connectivity index (χ2v) is 7.58. The number of nitrogens with zero attached hydrogens (tertiary/aromatic N) is 5. The number of anilines is 1. The Bertz CT molecular complexity index is 1480. The molecule has 5 heteroatoms. The lowest BCUT2D eigenvalue weighted by atomic mass is 9.86. The van der Waals surface area contributed by atoms with E-state index in [4.69, 9.17) is 0 Å². The van der Waals surface area contributed by atoms with E-state index in [1.807, 2.05) is 67.5 Å². The molecule has 3 aromatic rings. The number of rotatable bonds is 4. The summed E-state index contributed by atoms with van der Waals surface area (Å²) in [4.78, 5) is 2.01. The van der Waals surface area contributed by atoms with Crippen LogP contribution in [0.15, 0.2) is 90.0 Å². The van der Waals surface area contributed by atoms with Gasteiger partial charge in [0.05, 0.1) is 0 Å². The third-order valence-electron chi connectivity index (χ3n) is 5.17. The fourth-order valence-electron chi connectivity index (χ4n) is 3.41. The van der Waals surface area contributed by atoms with Crippen LogP contribution in [0.5, 0.6) is 0 Å². The molecule has 3 aromatic carbocycles. The van der Waals surface area contributed by atoms with Crippen LogP contribution in [-0.4, -0.2) is 14.1 Å². The third kappa shape index (κ3) is 5.64. The molecule has 164 valence electrons. The normalized spacial score (nSPS) is 9.09. The zero-order chi connectivity index (χ0) is 25.2. The summed E-state index contributed by atoms with van der Waals surface area (Å²) in [5, 5.41) is 38.5. The predicted molar refractivity (Wildman–Crippen MR) is 136 cm³/mol. The predicted octanol–water partition coefficient (Wildman–Crippen LogP) is 5.45. The first-order valence-corrected chi connectivity index (χ1v) is 10.6. The van der Waals surface area contributed by atoms with E-state index >= 15 is 0 Å². The van der Waals surface area contributed by atoms with Crippen molar-refractivity contribution in [3.8, 4) is 36.1 Å². The van der Waals surface area contributed by atoms with Crippen molar-refractivity contribution >= 4 is 16.8 Å². The minimum Gasteiger partial charge on any atom is -0.378 e. The minimum absolute atomic E-state index is 0.181. The molecule has 0 aromatic heterocycles. The largest absolute Gasteiger partial charge is 0.378 e. The molecule has 0 aliphatic rings. The van der Waals surface area contributed by atoms with E-state index < -0.39 is 0 Å². The molecule has 0 saturated heterocycles. The third-order valence-corrected chi connectivity index (χ3v) is 5.17. The van der Waals surface area contributed by atoms with Crippen LogP contribution in [0.1, 0.15) is 22.3 Å². The van der Waals surface area contributed by atoms with E-state index in [1.165, 1.54) is 0 Å². The van der Waals surface area contributed by atoms with Crippen LogP contribution in [0.2, 0.25) is 0 Å². The summed E-state index contributed by atoms with van der Waals surface area (Å²) in [5.41, 5.74) is 3.91. The van der Waals surface area contributed by atoms with E-state index in [0.29, 0.717) is 11.1 Å². The van der Waals surface area contributed by atoms with Gasteiger partial charge < -0.3 is 4.90 Å². The van der Waals surface area contributed by atoms with Crippen LogP contribution < -0.4 is 4.90 Å². The molecule has 0 spiro atoms. The fourth-order valence-corrected chi connectivity index (χ4v) is 3.41. The van der Waals surface area contributed by atoms with Crippen molar-refractivity contribution < 1.29 is 0 Å². The van der Waals surface area contributed by atoms with E-state index in [9.17, 15) is 21.0 Å². The van der Waals surface area contributed by atoms with Gasteiger partial charge in [-0.3, -0.25) is 0 Å². The average Bonchev–Trinajstić information content (AvgIpc) is 2.90. The topological polar surface area (TPSA) is 98.4 Å². The second-order valence-electron chi connectivity index (χ2n) is 7.58. The molecular weight excluding hydrogens is 430 g/mol. The van der Waals surface area contributed by atoms with Gasteiger partial charge in [0.1, 0.15) is 35.4 Å². The summed E-state index contributed by atoms with van der Waals surface area (Å²) in [6.07, 6.45) is 0. The van der Waals surface area contributed by atoms with Crippen LogP contribution in [0.25, 0.3) is 11.1 Å². The number of allylic oxidation sites excluding steroid dienone is 4. The highest BCUT2D eigenvalue weighted by Crippen LogP contribution is 2.36. The molecule has 0 aliphatic carbocycles. The quantitative estimate of drug-likeness (QED) is 0.299. The van der Waals surface area contributed by atoms with Gasteiger partial charge in [-0.2, -0.15) is 21.0 Å². The smallest absolute Gasteiger partial charge is 0.138 e. The molecule has 5 nitrogen and oxygen atoms in total. The van der Waals surface area contributed by atoms with Gasteiger partial charge >= 0.3 is 0 Å². The van der Waals surface area contributed by atoms with Crippen LogP contribution in [0, 0.1) is 57.2 Å². The van der Waals surface area contributed by atoms with Gasteiger partial charge in [-0.1, -0.05) is 54.3 Å². The molecule has 0 unspecified atom stereocenters. The van der Waals surface area contributed by atoms with Gasteiger partial charge in [0, 0.05) is 42.1 Å². The van der Waals surface area contributed by atoms with Gasteiger partial charge in [-0.05, 0) is 47.5 Å². The number of hydrogen-bond acceptors (Lipinski definition) is 5. The maximum atomic E-state index is 9.66. The number of nitriles is 4. The molecule has 0 saturated carbocycles. The molecule has 3 rings (SSSR count). The Hall–Kier alpha value is -5.54. The van der Waals surface area contributed by atoms with Crippen molar-refractivity contribution in [1.29, 1.82) is 21.0 Å². The highest BCUT2D eigenvalue weighted by atomic mass is 15.1. The Balaban J connectivity index is 2.09. The molecule has 0 heterocycles. The summed E-state index contributed by atoms with van der Waals surface area (Å²) in [6.45, 7) is 0. The maximum absolute atomic E-state index is 9.66. The van der Waals surface area contributed by atoms with Crippen molar-refractivity contribution in [2.75, 3.05) is 19.0 Å². The van der Waals surface area contributed by atoms with Crippen molar-refractivity contribution in [3.05, 3.63) is 112 Å². The second kappa shape index (κ2) is 11.4. The first kappa shape index (κ1) is 24.1. The first-order valence-electron chi connectivity index (χ1n) is 10.6. The molecule has 0 bridgehead atoms. The molecule has 0 N–H and O–H groups in total. The Labute approximate surface area is 205 Å². The van der Waals surface area contributed by atoms with Crippen molar-refractivity contribution in [1.82, 2.24) is 0 Å². The van der Waals surface area contributed by atoms with Crippen LogP contribution in [0.4, 0.5) is 5.69 Å². The molecule has 0 aliphatic heterocycles. The zero-order valence-corrected chi connectivity index (χ0v) is 19.2. The van der Waals surface area contributed by atoms with E-state index in [-0.39, 0.29) is 22.3 Å². The Morgan fingerprint density at radius 2 is 0.943 bits per heavy atom. The maximum Gasteiger partial charge on any atom is 0.138 e. The van der Waals surface area contributed by atoms with E-state index in [1.54, 1.807) is 54.6 Å². The lowest BCUT2D eigenvalue weighted by Crippen LogP contribution is -2.07. The van der Waals surface area contributed by atoms with Gasteiger partial charge in [-0.15, -0.1) is 0 Å². The average molecular weight is 450 g/mol. The van der Waals surface area contributed by atoms with E-state index in [2.05, 4.69) is 11.8 Å². The van der Waals surface area contributed by atoms with Crippen molar-refractivity contribution in [2.45, 2.75) is 0 Å². The Morgan fingerprint density at radius 1 is 0.543 bits per heavy atom. The monoisotopic (exact) mass is 449 g/mol. The lowest BCUT2D eigenvalue weighted by molar-refractivity contribution is 1.13. The fraction of sp³-hybridized carbons (Fsp3) is 0.0667. The van der Waals surface area contributed by atoms with Gasteiger partial charge in [0.15, 0.2) is 0 Å². The van der Waals surface area contributed by atoms with Crippen molar-refractivity contribution in [2.24, 2.45) is 0 Å². The SMILES string of the molecule is CN(C)c1ccc(C#Cc2ccc(C(=C(C#N)C#N)C(=C(C#N)C#N)c3ccccc3)cc2)cc1. The van der Waals surface area contributed by atoms with Crippen LogP contribution in [0.3, 0.4) is 0 Å². The minimum atomic E-state index is -0.188. The molecule has 0 radical (unpaired) electrons. The first-order chi connectivity index (χ1) is 17.0. The molecular formula is C30H19N5. The summed E-state index contributed by atoms with van der Waals surface area (Å²) in [6, 6.07) is 31.4. The summed E-state index contributed by atoms with van der Waals surface area (Å²) < 4.78 is 0. The molecule has 35 heavy (non-hydrogen) atoms. The highest BCUT2D eigenvalue weighted by molar-refractivity contribution is 6.11. The van der Waals surface area contributed by atoms with Crippen LogP contribution >= 0.6 is 0 Å². The van der Waals surface area contributed by atoms with Gasteiger partial charge in [0.25, 0.3) is 0 Å². The summed E-state index contributed by atoms with van der Waals surface area (Å²) in [5.74, 6) is 6.24. The van der Waals surface area contributed by atoms with E-state index in [0.717, 1.165) is 16.8 Å². The summed E-state index contributed by atoms with van der Waals surface area (Å²) in [7, 11) is 3.95. The number of hydrogen-bond donors (Lipinski definition) is 0. The number of benzene rings is 3. The zero-order valence-electron chi connectivity index (χ0n) is 19.2. The standard InChI is InChI=1S/C30H19N5/c1-35(2)28-16-12-23(13-17-28)9-8-22-10-14-25(15-11-22)30(27(20-33)21-34)29(26(18-31)19-32)24-6-4-3-5-7-24/h3-7,10-17H,1-2H3. The summed E-state index contributed by atoms with van der Waals surface area (Å²) >= 11 is 0. The Kier molecular flexibility index (Phi) is 7.83. The van der Waals surface area contributed by atoms with Crippen LogP contribution in [-0.2, 0) is 0 Å². The molecule has 0 atom stereocenters. The van der Waals surface area contributed by atoms with Gasteiger partial charge in [-0.25, -0.2) is 0 Å².